The number of hydrogen-bond donors (Lipinski definition) is 1. The molecule has 78 valence electrons. The van der Waals surface area contributed by atoms with Gasteiger partial charge in [-0.3, -0.25) is 4.68 Å². The van der Waals surface area contributed by atoms with Crippen molar-refractivity contribution >= 4 is 5.69 Å². The van der Waals surface area contributed by atoms with Crippen molar-refractivity contribution in [2.75, 3.05) is 5.73 Å². The number of nitrogens with two attached hydrogens (primary N) is 1. The fourth-order valence-electron chi connectivity index (χ4n) is 1.39. The van der Waals surface area contributed by atoms with Gasteiger partial charge >= 0.3 is 0 Å². The average Bonchev–Trinajstić information content (AvgIpc) is 2.58. The van der Waals surface area contributed by atoms with Crippen molar-refractivity contribution in [1.82, 2.24) is 9.78 Å². The molecule has 1 heterocycles. The molecule has 2 rings (SSSR count). The van der Waals surface area contributed by atoms with Crippen LogP contribution in [0.1, 0.15) is 11.1 Å². The molecule has 3 nitrogen and oxygen atoms in total. The van der Waals surface area contributed by atoms with Crippen LogP contribution in [0.4, 0.5) is 10.1 Å². The number of aromatic nitrogens is 2. The van der Waals surface area contributed by atoms with Gasteiger partial charge in [0.2, 0.25) is 0 Å². The molecule has 0 aliphatic rings. The molecule has 0 saturated carbocycles. The Balaban J connectivity index is 2.21. The molecular weight excluding hydrogens is 193 g/mol. The number of aryl methyl sites for hydroxylation is 1. The lowest BCUT2D eigenvalue weighted by molar-refractivity contribution is 0.610. The quantitative estimate of drug-likeness (QED) is 0.814. The highest BCUT2D eigenvalue weighted by Gasteiger charge is 2.01. The highest BCUT2D eigenvalue weighted by atomic mass is 19.1. The van der Waals surface area contributed by atoms with E-state index in [0.717, 1.165) is 5.56 Å². The molecule has 0 unspecified atom stereocenters. The van der Waals surface area contributed by atoms with Crippen LogP contribution in [0.15, 0.2) is 30.6 Å². The second kappa shape index (κ2) is 3.73. The summed E-state index contributed by atoms with van der Waals surface area (Å²) < 4.78 is 14.9. The number of nitrogen functional groups attached to an aromatic ring is 1. The molecule has 4 heteroatoms. The van der Waals surface area contributed by atoms with E-state index in [1.54, 1.807) is 30.1 Å². The number of halogens is 1. The maximum absolute atomic E-state index is 13.2. The topological polar surface area (TPSA) is 43.8 Å². The monoisotopic (exact) mass is 205 g/mol. The normalized spacial score (nSPS) is 10.5. The van der Waals surface area contributed by atoms with Crippen molar-refractivity contribution in [3.8, 4) is 0 Å². The minimum atomic E-state index is -0.187. The van der Waals surface area contributed by atoms with Gasteiger partial charge in [-0.25, -0.2) is 4.39 Å². The first-order valence-electron chi connectivity index (χ1n) is 4.68. The Hall–Kier alpha value is -1.84. The molecule has 15 heavy (non-hydrogen) atoms. The third kappa shape index (κ3) is 2.15. The van der Waals surface area contributed by atoms with Gasteiger partial charge in [0.05, 0.1) is 18.4 Å². The first-order chi connectivity index (χ1) is 7.15. The smallest absolute Gasteiger partial charge is 0.126 e. The summed E-state index contributed by atoms with van der Waals surface area (Å²) in [5.41, 5.74) is 7.67. The molecule has 0 fully saturated rings. The van der Waals surface area contributed by atoms with E-state index in [1.165, 1.54) is 6.07 Å². The van der Waals surface area contributed by atoms with Gasteiger partial charge in [0.15, 0.2) is 0 Å². The zero-order chi connectivity index (χ0) is 10.8. The zero-order valence-corrected chi connectivity index (χ0v) is 8.44. The number of anilines is 1. The number of rotatable bonds is 2. The molecule has 2 N–H and O–H groups in total. The van der Waals surface area contributed by atoms with Crippen LogP contribution in [0.3, 0.4) is 0 Å². The Labute approximate surface area is 87.3 Å². The standard InChI is InChI=1S/C11H12FN3/c1-8-2-3-9(4-11(8)12)6-15-7-10(13)5-14-15/h2-5,7H,6,13H2,1H3. The van der Waals surface area contributed by atoms with Gasteiger partial charge in [0.25, 0.3) is 0 Å². The Morgan fingerprint density at radius 3 is 2.87 bits per heavy atom. The molecule has 0 saturated heterocycles. The molecule has 1 aromatic heterocycles. The highest BCUT2D eigenvalue weighted by Crippen LogP contribution is 2.10. The SMILES string of the molecule is Cc1ccc(Cn2cc(N)cn2)cc1F. The van der Waals surface area contributed by atoms with Gasteiger partial charge < -0.3 is 5.73 Å². The van der Waals surface area contributed by atoms with Crippen LogP contribution in [0, 0.1) is 12.7 Å². The van der Waals surface area contributed by atoms with E-state index in [2.05, 4.69) is 5.10 Å². The van der Waals surface area contributed by atoms with Crippen LogP contribution in [0.2, 0.25) is 0 Å². The van der Waals surface area contributed by atoms with Crippen LogP contribution in [-0.2, 0) is 6.54 Å². The van der Waals surface area contributed by atoms with E-state index in [4.69, 9.17) is 5.73 Å². The first kappa shape index (κ1) is 9.71. The van der Waals surface area contributed by atoms with E-state index in [-0.39, 0.29) is 5.82 Å². The lowest BCUT2D eigenvalue weighted by Gasteiger charge is -2.03. The molecule has 2 aromatic rings. The summed E-state index contributed by atoms with van der Waals surface area (Å²) in [6.07, 6.45) is 3.29. The second-order valence-electron chi connectivity index (χ2n) is 3.55. The third-order valence-corrected chi connectivity index (χ3v) is 2.23. The number of nitrogens with zero attached hydrogens (tertiary/aromatic N) is 2. The predicted molar refractivity (Wildman–Crippen MR) is 56.9 cm³/mol. The van der Waals surface area contributed by atoms with Crippen LogP contribution < -0.4 is 5.73 Å². The molecular formula is C11H12FN3. The van der Waals surface area contributed by atoms with Crippen molar-refractivity contribution < 1.29 is 4.39 Å². The van der Waals surface area contributed by atoms with E-state index in [9.17, 15) is 4.39 Å². The largest absolute Gasteiger partial charge is 0.396 e. The zero-order valence-electron chi connectivity index (χ0n) is 8.44. The average molecular weight is 205 g/mol. The van der Waals surface area contributed by atoms with Crippen molar-refractivity contribution in [2.45, 2.75) is 13.5 Å². The highest BCUT2D eigenvalue weighted by molar-refractivity contribution is 5.31. The summed E-state index contributed by atoms with van der Waals surface area (Å²) in [5.74, 6) is -0.187. The predicted octanol–water partition coefficient (Wildman–Crippen LogP) is 1.96. The van der Waals surface area contributed by atoms with E-state index in [1.807, 2.05) is 6.07 Å². The van der Waals surface area contributed by atoms with Crippen LogP contribution >= 0.6 is 0 Å². The molecule has 0 aliphatic carbocycles. The minimum Gasteiger partial charge on any atom is -0.396 e. The van der Waals surface area contributed by atoms with Gasteiger partial charge in [-0.1, -0.05) is 12.1 Å². The minimum absolute atomic E-state index is 0.187. The second-order valence-corrected chi connectivity index (χ2v) is 3.55. The third-order valence-electron chi connectivity index (χ3n) is 2.23. The van der Waals surface area contributed by atoms with Crippen LogP contribution in [0.25, 0.3) is 0 Å². The molecule has 0 bridgehead atoms. The maximum atomic E-state index is 13.2. The summed E-state index contributed by atoms with van der Waals surface area (Å²) in [4.78, 5) is 0. The van der Waals surface area contributed by atoms with Crippen molar-refractivity contribution in [1.29, 1.82) is 0 Å². The van der Waals surface area contributed by atoms with Gasteiger partial charge in [0.1, 0.15) is 5.82 Å². The first-order valence-corrected chi connectivity index (χ1v) is 4.68. The maximum Gasteiger partial charge on any atom is 0.126 e. The van der Waals surface area contributed by atoms with Gasteiger partial charge in [-0.2, -0.15) is 5.10 Å². The van der Waals surface area contributed by atoms with Gasteiger partial charge in [0, 0.05) is 6.20 Å². The molecule has 0 radical (unpaired) electrons. The van der Waals surface area contributed by atoms with Gasteiger partial charge in [-0.05, 0) is 24.1 Å². The summed E-state index contributed by atoms with van der Waals surface area (Å²) in [7, 11) is 0. The van der Waals surface area contributed by atoms with Crippen molar-refractivity contribution in [3.05, 3.63) is 47.5 Å². The molecule has 1 aromatic carbocycles. The number of hydrogen-bond acceptors (Lipinski definition) is 2. The van der Waals surface area contributed by atoms with Crippen LogP contribution in [0.5, 0.6) is 0 Å². The van der Waals surface area contributed by atoms with Crippen LogP contribution in [-0.4, -0.2) is 9.78 Å². The fourth-order valence-corrected chi connectivity index (χ4v) is 1.39. The Morgan fingerprint density at radius 2 is 2.27 bits per heavy atom. The summed E-state index contributed by atoms with van der Waals surface area (Å²) in [6, 6.07) is 5.17. The number of benzene rings is 1. The van der Waals surface area contributed by atoms with Gasteiger partial charge in [-0.15, -0.1) is 0 Å². The summed E-state index contributed by atoms with van der Waals surface area (Å²) in [5, 5.41) is 4.03. The lowest BCUT2D eigenvalue weighted by atomic mass is 10.1. The van der Waals surface area contributed by atoms with E-state index < -0.39 is 0 Å². The molecule has 0 spiro atoms. The van der Waals surface area contributed by atoms with E-state index in [0.29, 0.717) is 17.8 Å². The van der Waals surface area contributed by atoms with Crippen molar-refractivity contribution in [3.63, 3.8) is 0 Å². The van der Waals surface area contributed by atoms with E-state index >= 15 is 0 Å². The Morgan fingerprint density at radius 1 is 1.47 bits per heavy atom. The Kier molecular flexibility index (Phi) is 2.41. The van der Waals surface area contributed by atoms with Crippen molar-refractivity contribution in [2.24, 2.45) is 0 Å². The Bertz CT molecular complexity index is 476. The lowest BCUT2D eigenvalue weighted by Crippen LogP contribution is -2.00. The fraction of sp³-hybridized carbons (Fsp3) is 0.182. The molecule has 0 amide bonds. The molecule has 0 aliphatic heterocycles. The summed E-state index contributed by atoms with van der Waals surface area (Å²) in [6.45, 7) is 2.28. The molecule has 0 atom stereocenters. The summed E-state index contributed by atoms with van der Waals surface area (Å²) >= 11 is 0.